The lowest BCUT2D eigenvalue weighted by Crippen LogP contribution is -2.31. The third kappa shape index (κ3) is 3.20. The third-order valence-electron chi connectivity index (χ3n) is 3.82. The quantitative estimate of drug-likeness (QED) is 0.461. The Morgan fingerprint density at radius 1 is 1.25 bits per heavy atom. The van der Waals surface area contributed by atoms with E-state index in [4.69, 9.17) is 11.6 Å². The molecule has 2 unspecified atom stereocenters. The minimum absolute atomic E-state index is 0.0267. The first-order valence-corrected chi connectivity index (χ1v) is 8.30. The predicted molar refractivity (Wildman–Crippen MR) is 79.7 cm³/mol. The van der Waals surface area contributed by atoms with Gasteiger partial charge in [-0.25, -0.2) is 4.98 Å². The number of amides is 2. The van der Waals surface area contributed by atoms with Crippen LogP contribution in [0, 0.1) is 11.8 Å². The average Bonchev–Trinajstić information content (AvgIpc) is 2.98. The molecular weight excluding hydrogens is 296 g/mol. The zero-order valence-corrected chi connectivity index (χ0v) is 13.3. The van der Waals surface area contributed by atoms with Gasteiger partial charge in [0.1, 0.15) is 0 Å². The highest BCUT2D eigenvalue weighted by molar-refractivity contribution is 7.09. The molecule has 1 aromatic rings. The van der Waals surface area contributed by atoms with Crippen LogP contribution in [0.3, 0.4) is 0 Å². The summed E-state index contributed by atoms with van der Waals surface area (Å²) in [6.45, 7) is 4.18. The molecule has 1 fully saturated rings. The van der Waals surface area contributed by atoms with Crippen molar-refractivity contribution in [3.8, 4) is 0 Å². The number of alkyl halides is 1. The van der Waals surface area contributed by atoms with Gasteiger partial charge in [0.2, 0.25) is 11.8 Å². The number of carbonyl (C=O) groups excluding carboxylic acids is 2. The van der Waals surface area contributed by atoms with E-state index in [1.807, 2.05) is 19.2 Å². The smallest absolute Gasteiger partial charge is 0.232 e. The van der Waals surface area contributed by atoms with Crippen molar-refractivity contribution >= 4 is 34.8 Å². The molecule has 0 aromatic carbocycles. The summed E-state index contributed by atoms with van der Waals surface area (Å²) in [5, 5.41) is 3.04. The van der Waals surface area contributed by atoms with Crippen LogP contribution in [0.5, 0.6) is 0 Å². The first kappa shape index (κ1) is 15.4. The molecule has 1 saturated heterocycles. The molecule has 0 radical (unpaired) electrons. The summed E-state index contributed by atoms with van der Waals surface area (Å²) in [6.07, 6.45) is 2.63. The second-order valence-corrected chi connectivity index (χ2v) is 6.44. The fourth-order valence-electron chi connectivity index (χ4n) is 2.32. The highest BCUT2D eigenvalue weighted by Gasteiger charge is 2.41. The molecule has 0 bridgehead atoms. The van der Waals surface area contributed by atoms with Gasteiger partial charge in [0.25, 0.3) is 0 Å². The van der Waals surface area contributed by atoms with Crippen molar-refractivity contribution in [2.75, 3.05) is 6.54 Å². The van der Waals surface area contributed by atoms with Gasteiger partial charge in [-0.15, -0.1) is 22.9 Å². The van der Waals surface area contributed by atoms with E-state index in [0.717, 1.165) is 30.0 Å². The van der Waals surface area contributed by atoms with E-state index >= 15 is 0 Å². The van der Waals surface area contributed by atoms with Gasteiger partial charge in [-0.1, -0.05) is 13.8 Å². The van der Waals surface area contributed by atoms with E-state index in [2.05, 4.69) is 4.98 Å². The monoisotopic (exact) mass is 314 g/mol. The number of halogens is 1. The molecule has 0 spiro atoms. The largest absolute Gasteiger partial charge is 0.282 e. The first-order chi connectivity index (χ1) is 9.54. The lowest BCUT2D eigenvalue weighted by Gasteiger charge is -2.13. The summed E-state index contributed by atoms with van der Waals surface area (Å²) in [7, 11) is 0. The topological polar surface area (TPSA) is 50.3 Å². The molecule has 0 saturated carbocycles. The van der Waals surface area contributed by atoms with Crippen molar-refractivity contribution in [1.82, 2.24) is 9.88 Å². The fraction of sp³-hybridized carbons (Fsp3) is 0.643. The van der Waals surface area contributed by atoms with Gasteiger partial charge in [0.15, 0.2) is 0 Å². The maximum absolute atomic E-state index is 11.9. The molecule has 2 rings (SSSR count). The van der Waals surface area contributed by atoms with Gasteiger partial charge in [0, 0.05) is 23.8 Å². The SMILES string of the molecule is CC1C(=O)N(CCCCc2nc(CCl)cs2)C(=O)C1C. The Balaban J connectivity index is 1.76. The van der Waals surface area contributed by atoms with Crippen molar-refractivity contribution in [1.29, 1.82) is 0 Å². The number of carbonyl (C=O) groups is 2. The molecule has 2 amide bonds. The Labute approximate surface area is 128 Å². The Morgan fingerprint density at radius 2 is 1.90 bits per heavy atom. The van der Waals surface area contributed by atoms with Crippen molar-refractivity contribution in [2.45, 2.75) is 39.0 Å². The number of nitrogens with zero attached hydrogens (tertiary/aromatic N) is 2. The van der Waals surface area contributed by atoms with E-state index in [0.29, 0.717) is 12.4 Å². The number of unbranched alkanes of at least 4 members (excludes halogenated alkanes) is 1. The van der Waals surface area contributed by atoms with Crippen molar-refractivity contribution in [3.05, 3.63) is 16.1 Å². The molecule has 20 heavy (non-hydrogen) atoms. The lowest BCUT2D eigenvalue weighted by atomic mass is 10.00. The number of likely N-dealkylation sites (tertiary alicyclic amines) is 1. The highest BCUT2D eigenvalue weighted by atomic mass is 35.5. The van der Waals surface area contributed by atoms with Crippen LogP contribution in [-0.2, 0) is 21.9 Å². The van der Waals surface area contributed by atoms with Crippen LogP contribution >= 0.6 is 22.9 Å². The van der Waals surface area contributed by atoms with Crippen LogP contribution in [0.4, 0.5) is 0 Å². The van der Waals surface area contributed by atoms with Gasteiger partial charge in [-0.3, -0.25) is 14.5 Å². The van der Waals surface area contributed by atoms with Crippen LogP contribution < -0.4 is 0 Å². The summed E-state index contributed by atoms with van der Waals surface area (Å²) in [5.41, 5.74) is 0.916. The number of imide groups is 1. The number of thiazole rings is 1. The van der Waals surface area contributed by atoms with Gasteiger partial charge in [-0.2, -0.15) is 0 Å². The predicted octanol–water partition coefficient (Wildman–Crippen LogP) is 2.85. The number of aromatic nitrogens is 1. The number of hydrogen-bond acceptors (Lipinski definition) is 4. The molecule has 110 valence electrons. The van der Waals surface area contributed by atoms with E-state index < -0.39 is 0 Å². The number of hydrogen-bond donors (Lipinski definition) is 0. The molecule has 2 atom stereocenters. The van der Waals surface area contributed by atoms with Crippen LogP contribution in [0.2, 0.25) is 0 Å². The Morgan fingerprint density at radius 3 is 2.45 bits per heavy atom. The summed E-state index contributed by atoms with van der Waals surface area (Å²) >= 11 is 7.33. The van der Waals surface area contributed by atoms with E-state index in [1.54, 1.807) is 11.3 Å². The molecule has 1 aliphatic rings. The second-order valence-electron chi connectivity index (χ2n) is 5.23. The van der Waals surface area contributed by atoms with Crippen LogP contribution in [0.25, 0.3) is 0 Å². The van der Waals surface area contributed by atoms with E-state index in [9.17, 15) is 9.59 Å². The van der Waals surface area contributed by atoms with E-state index in [-0.39, 0.29) is 23.7 Å². The summed E-state index contributed by atoms with van der Waals surface area (Å²) < 4.78 is 0. The Kier molecular flexibility index (Phi) is 5.16. The van der Waals surface area contributed by atoms with Crippen molar-refractivity contribution in [3.63, 3.8) is 0 Å². The minimum atomic E-state index is -0.173. The molecular formula is C14H19ClN2O2S. The zero-order chi connectivity index (χ0) is 14.7. The standard InChI is InChI=1S/C14H19ClN2O2S/c1-9-10(2)14(19)17(13(9)18)6-4-3-5-12-16-11(7-15)8-20-12/h8-10H,3-7H2,1-2H3. The zero-order valence-electron chi connectivity index (χ0n) is 11.8. The number of rotatable bonds is 6. The summed E-state index contributed by atoms with van der Waals surface area (Å²) in [5.74, 6) is 0.0473. The third-order valence-corrected chi connectivity index (χ3v) is 5.05. The summed E-state index contributed by atoms with van der Waals surface area (Å²) in [6, 6.07) is 0. The highest BCUT2D eigenvalue weighted by Crippen LogP contribution is 2.25. The molecule has 6 heteroatoms. The first-order valence-electron chi connectivity index (χ1n) is 6.89. The lowest BCUT2D eigenvalue weighted by molar-refractivity contribution is -0.139. The maximum Gasteiger partial charge on any atom is 0.232 e. The second kappa shape index (κ2) is 6.68. The Bertz CT molecular complexity index is 483. The van der Waals surface area contributed by atoms with Crippen LogP contribution in [0.15, 0.2) is 5.38 Å². The minimum Gasteiger partial charge on any atom is -0.282 e. The van der Waals surface area contributed by atoms with E-state index in [1.165, 1.54) is 4.90 Å². The fourth-order valence-corrected chi connectivity index (χ4v) is 3.39. The molecule has 0 aliphatic carbocycles. The van der Waals surface area contributed by atoms with Crippen LogP contribution in [0.1, 0.15) is 37.4 Å². The number of aryl methyl sites for hydroxylation is 1. The van der Waals surface area contributed by atoms with Crippen LogP contribution in [-0.4, -0.2) is 28.2 Å². The molecule has 4 nitrogen and oxygen atoms in total. The average molecular weight is 315 g/mol. The molecule has 1 aliphatic heterocycles. The van der Waals surface area contributed by atoms with Gasteiger partial charge in [0.05, 0.1) is 16.6 Å². The molecule has 0 N–H and O–H groups in total. The molecule has 2 heterocycles. The van der Waals surface area contributed by atoms with Gasteiger partial charge in [-0.05, 0) is 19.3 Å². The van der Waals surface area contributed by atoms with Gasteiger partial charge < -0.3 is 0 Å². The molecule has 1 aromatic heterocycles. The van der Waals surface area contributed by atoms with Crippen molar-refractivity contribution < 1.29 is 9.59 Å². The van der Waals surface area contributed by atoms with Gasteiger partial charge >= 0.3 is 0 Å². The summed E-state index contributed by atoms with van der Waals surface area (Å²) in [4.78, 5) is 29.6. The normalized spacial score (nSPS) is 22.9. The van der Waals surface area contributed by atoms with Crippen molar-refractivity contribution in [2.24, 2.45) is 11.8 Å². The Hall–Kier alpha value is -0.940. The maximum atomic E-state index is 11.9.